The van der Waals surface area contributed by atoms with E-state index in [-0.39, 0.29) is 0 Å². The van der Waals surface area contributed by atoms with Crippen LogP contribution in [0.15, 0.2) is 17.0 Å². The van der Waals surface area contributed by atoms with Gasteiger partial charge in [-0.15, -0.1) is 12.6 Å². The van der Waals surface area contributed by atoms with E-state index in [4.69, 9.17) is 10.5 Å². The average Bonchev–Trinajstić information content (AvgIpc) is 1.99. The first-order chi connectivity index (χ1) is 5.16. The highest BCUT2D eigenvalue weighted by atomic mass is 32.1. The number of rotatable bonds is 1. The van der Waals surface area contributed by atoms with Gasteiger partial charge in [0.25, 0.3) is 0 Å². The molecule has 1 rings (SSSR count). The summed E-state index contributed by atoms with van der Waals surface area (Å²) in [5.74, 6) is 0.758. The van der Waals surface area contributed by atoms with Crippen LogP contribution in [0.5, 0.6) is 5.75 Å². The molecule has 0 bridgehead atoms. The van der Waals surface area contributed by atoms with Crippen molar-refractivity contribution in [3.8, 4) is 5.75 Å². The first-order valence-electron chi connectivity index (χ1n) is 3.29. The van der Waals surface area contributed by atoms with Crippen molar-refractivity contribution in [3.63, 3.8) is 0 Å². The number of ether oxygens (including phenoxy) is 1. The Labute approximate surface area is 71.8 Å². The molecule has 0 saturated carbocycles. The first-order valence-corrected chi connectivity index (χ1v) is 3.73. The molecule has 0 radical (unpaired) electrons. The van der Waals surface area contributed by atoms with E-state index in [0.717, 1.165) is 11.3 Å². The third-order valence-corrected chi connectivity index (χ3v) is 2.02. The number of benzene rings is 1. The zero-order valence-electron chi connectivity index (χ0n) is 6.59. The smallest absolute Gasteiger partial charge is 0.137 e. The maximum Gasteiger partial charge on any atom is 0.137 e. The number of hydrogen-bond donors (Lipinski definition) is 2. The van der Waals surface area contributed by atoms with Gasteiger partial charge in [-0.1, -0.05) is 6.07 Å². The van der Waals surface area contributed by atoms with Gasteiger partial charge in [-0.25, -0.2) is 0 Å². The van der Waals surface area contributed by atoms with Crippen LogP contribution < -0.4 is 10.5 Å². The van der Waals surface area contributed by atoms with Gasteiger partial charge < -0.3 is 10.5 Å². The van der Waals surface area contributed by atoms with E-state index in [1.807, 2.05) is 19.1 Å². The molecule has 0 fully saturated rings. The van der Waals surface area contributed by atoms with Crippen LogP contribution in [0.2, 0.25) is 0 Å². The number of methoxy groups -OCH3 is 1. The minimum absolute atomic E-state index is 0.649. The lowest BCUT2D eigenvalue weighted by Gasteiger charge is -2.08. The van der Waals surface area contributed by atoms with E-state index in [1.54, 1.807) is 7.11 Å². The van der Waals surface area contributed by atoms with Gasteiger partial charge in [0.15, 0.2) is 0 Å². The van der Waals surface area contributed by atoms with Crippen LogP contribution >= 0.6 is 12.6 Å². The molecule has 0 amide bonds. The number of thiol groups is 1. The quantitative estimate of drug-likeness (QED) is 0.497. The van der Waals surface area contributed by atoms with Crippen molar-refractivity contribution in [1.29, 1.82) is 0 Å². The monoisotopic (exact) mass is 169 g/mol. The summed E-state index contributed by atoms with van der Waals surface area (Å²) in [5, 5.41) is 0. The summed E-state index contributed by atoms with van der Waals surface area (Å²) in [6.45, 7) is 1.96. The Kier molecular flexibility index (Phi) is 2.29. The van der Waals surface area contributed by atoms with Crippen molar-refractivity contribution in [3.05, 3.63) is 17.7 Å². The second-order valence-corrected chi connectivity index (χ2v) is 2.80. The van der Waals surface area contributed by atoms with Crippen LogP contribution in [0.1, 0.15) is 5.56 Å². The van der Waals surface area contributed by atoms with Crippen LogP contribution in [0.25, 0.3) is 0 Å². The van der Waals surface area contributed by atoms with Crippen molar-refractivity contribution in [2.75, 3.05) is 12.8 Å². The summed E-state index contributed by atoms with van der Waals surface area (Å²) in [4.78, 5) is 0.715. The lowest BCUT2D eigenvalue weighted by Crippen LogP contribution is -1.93. The third-order valence-electron chi connectivity index (χ3n) is 1.56. The third kappa shape index (κ3) is 1.43. The van der Waals surface area contributed by atoms with Crippen LogP contribution in [0.4, 0.5) is 5.69 Å². The van der Waals surface area contributed by atoms with Crippen LogP contribution in [0, 0.1) is 6.92 Å². The Morgan fingerprint density at radius 3 is 2.55 bits per heavy atom. The van der Waals surface area contributed by atoms with Crippen LogP contribution in [-0.2, 0) is 0 Å². The molecule has 0 aliphatic rings. The highest BCUT2D eigenvalue weighted by Crippen LogP contribution is 2.31. The molecule has 0 unspecified atom stereocenters. The van der Waals surface area contributed by atoms with E-state index in [9.17, 15) is 0 Å². The molecule has 2 nitrogen and oxygen atoms in total. The van der Waals surface area contributed by atoms with Gasteiger partial charge in [-0.2, -0.15) is 0 Å². The Morgan fingerprint density at radius 2 is 2.09 bits per heavy atom. The highest BCUT2D eigenvalue weighted by Gasteiger charge is 2.04. The average molecular weight is 169 g/mol. The van der Waals surface area contributed by atoms with E-state index in [1.165, 1.54) is 0 Å². The Bertz CT molecular complexity index is 273. The Balaban J connectivity index is 3.29. The maximum absolute atomic E-state index is 5.61. The van der Waals surface area contributed by atoms with Gasteiger partial charge in [0.05, 0.1) is 12.0 Å². The number of nitrogen functional groups attached to an aromatic ring is 1. The topological polar surface area (TPSA) is 35.2 Å². The molecule has 0 aliphatic carbocycles. The molecular formula is C8H11NOS. The highest BCUT2D eigenvalue weighted by molar-refractivity contribution is 7.80. The molecule has 0 heterocycles. The number of aryl methyl sites for hydroxylation is 1. The lowest BCUT2D eigenvalue weighted by molar-refractivity contribution is 0.402. The van der Waals surface area contributed by atoms with E-state index >= 15 is 0 Å². The summed E-state index contributed by atoms with van der Waals surface area (Å²) in [6.07, 6.45) is 0. The molecule has 0 aliphatic heterocycles. The number of anilines is 1. The summed E-state index contributed by atoms with van der Waals surface area (Å²) in [5.41, 5.74) is 7.31. The van der Waals surface area contributed by atoms with Crippen molar-refractivity contribution in [2.24, 2.45) is 0 Å². The zero-order chi connectivity index (χ0) is 8.43. The summed E-state index contributed by atoms with van der Waals surface area (Å²) < 4.78 is 5.10. The minimum Gasteiger partial charge on any atom is -0.495 e. The molecule has 1 aromatic rings. The summed E-state index contributed by atoms with van der Waals surface area (Å²) in [6, 6.07) is 3.73. The van der Waals surface area contributed by atoms with Crippen molar-refractivity contribution in [2.45, 2.75) is 11.8 Å². The molecule has 60 valence electrons. The molecular weight excluding hydrogens is 158 g/mol. The number of nitrogens with two attached hydrogens (primary N) is 1. The van der Waals surface area contributed by atoms with E-state index in [2.05, 4.69) is 12.6 Å². The number of hydrogen-bond acceptors (Lipinski definition) is 3. The zero-order valence-corrected chi connectivity index (χ0v) is 7.48. The Morgan fingerprint density at radius 1 is 1.45 bits per heavy atom. The predicted molar refractivity (Wildman–Crippen MR) is 49.4 cm³/mol. The van der Waals surface area contributed by atoms with Gasteiger partial charge in [0.1, 0.15) is 5.75 Å². The largest absolute Gasteiger partial charge is 0.495 e. The Hall–Kier alpha value is -0.830. The maximum atomic E-state index is 5.61. The van der Waals surface area contributed by atoms with Gasteiger partial charge >= 0.3 is 0 Å². The van der Waals surface area contributed by atoms with Gasteiger partial charge in [-0.05, 0) is 18.6 Å². The fraction of sp³-hybridized carbons (Fsp3) is 0.250. The van der Waals surface area contributed by atoms with E-state index in [0.29, 0.717) is 10.6 Å². The molecule has 0 aromatic heterocycles. The molecule has 2 N–H and O–H groups in total. The molecule has 3 heteroatoms. The SMILES string of the molecule is COc1c(C)ccc(N)c1S. The second-order valence-electron chi connectivity index (χ2n) is 2.35. The fourth-order valence-electron chi connectivity index (χ4n) is 0.945. The normalized spacial score (nSPS) is 9.73. The summed E-state index contributed by atoms with van der Waals surface area (Å²) >= 11 is 4.21. The standard InChI is InChI=1S/C8H11NOS/c1-5-3-4-6(9)8(11)7(5)10-2/h3-4,11H,9H2,1-2H3. The van der Waals surface area contributed by atoms with Gasteiger partial charge in [0.2, 0.25) is 0 Å². The second kappa shape index (κ2) is 3.05. The van der Waals surface area contributed by atoms with Crippen molar-refractivity contribution >= 4 is 18.3 Å². The summed E-state index contributed by atoms with van der Waals surface area (Å²) in [7, 11) is 1.61. The molecule has 0 atom stereocenters. The van der Waals surface area contributed by atoms with Crippen LogP contribution in [-0.4, -0.2) is 7.11 Å². The first kappa shape index (κ1) is 8.27. The van der Waals surface area contributed by atoms with Gasteiger partial charge in [-0.3, -0.25) is 0 Å². The molecule has 0 saturated heterocycles. The molecule has 11 heavy (non-hydrogen) atoms. The minimum atomic E-state index is 0.649. The molecule has 1 aromatic carbocycles. The predicted octanol–water partition coefficient (Wildman–Crippen LogP) is 1.87. The van der Waals surface area contributed by atoms with E-state index < -0.39 is 0 Å². The molecule has 0 spiro atoms. The van der Waals surface area contributed by atoms with Crippen molar-refractivity contribution < 1.29 is 4.74 Å². The van der Waals surface area contributed by atoms with Gasteiger partial charge in [0, 0.05) is 5.69 Å². The van der Waals surface area contributed by atoms with Crippen LogP contribution in [0.3, 0.4) is 0 Å². The fourth-order valence-corrected chi connectivity index (χ4v) is 1.29. The lowest BCUT2D eigenvalue weighted by atomic mass is 10.2. The van der Waals surface area contributed by atoms with Crippen molar-refractivity contribution in [1.82, 2.24) is 0 Å².